The van der Waals surface area contributed by atoms with Crippen LogP contribution in [0.4, 0.5) is 0 Å². The van der Waals surface area contributed by atoms with Crippen molar-refractivity contribution in [1.29, 1.82) is 0 Å². The number of aromatic nitrogens is 1. The summed E-state index contributed by atoms with van der Waals surface area (Å²) in [5.41, 5.74) is 5.06. The molecule has 0 radical (unpaired) electrons. The molecule has 0 saturated carbocycles. The number of aryl methyl sites for hydroxylation is 1. The number of nitrogens with one attached hydrogen (secondary N) is 1. The summed E-state index contributed by atoms with van der Waals surface area (Å²) in [4.78, 5) is 16.0. The van der Waals surface area contributed by atoms with E-state index in [9.17, 15) is 4.79 Å². The second kappa shape index (κ2) is 7.80. The molecule has 0 unspecified atom stereocenters. The van der Waals surface area contributed by atoms with E-state index in [0.717, 1.165) is 28.0 Å². The number of methoxy groups -OCH3 is 1. The summed E-state index contributed by atoms with van der Waals surface area (Å²) in [5.74, 6) is 0.819. The number of carbonyl (C=O) groups excluding carboxylic acids is 1. The van der Waals surface area contributed by atoms with E-state index in [1.807, 2.05) is 20.8 Å². The molecule has 0 bridgehead atoms. The highest BCUT2D eigenvalue weighted by atomic mass is 35.5. The van der Waals surface area contributed by atoms with Crippen molar-refractivity contribution in [2.75, 3.05) is 7.11 Å². The largest absolute Gasteiger partial charge is 0.496 e. The van der Waals surface area contributed by atoms with Crippen LogP contribution in [0.15, 0.2) is 30.6 Å². The first kappa shape index (κ1) is 18.0. The minimum atomic E-state index is -0.0945. The number of amides is 1. The van der Waals surface area contributed by atoms with E-state index in [1.165, 1.54) is 0 Å². The molecule has 4 nitrogen and oxygen atoms in total. The Morgan fingerprint density at radius 3 is 2.41 bits per heavy atom. The van der Waals surface area contributed by atoms with E-state index < -0.39 is 0 Å². The Morgan fingerprint density at radius 2 is 1.82 bits per heavy atom. The molecule has 2 aromatic rings. The van der Waals surface area contributed by atoms with E-state index in [-0.39, 0.29) is 18.3 Å². The Labute approximate surface area is 137 Å². The van der Waals surface area contributed by atoms with Gasteiger partial charge >= 0.3 is 0 Å². The maximum absolute atomic E-state index is 12.1. The Bertz CT molecular complexity index is 657. The first-order valence-electron chi connectivity index (χ1n) is 6.86. The first-order valence-corrected chi connectivity index (χ1v) is 6.86. The van der Waals surface area contributed by atoms with Crippen LogP contribution in [0.25, 0.3) is 0 Å². The van der Waals surface area contributed by atoms with Gasteiger partial charge in [0.2, 0.25) is 0 Å². The number of hydrogen-bond acceptors (Lipinski definition) is 3. The third-order valence-corrected chi connectivity index (χ3v) is 3.72. The fraction of sp³-hybridized carbons (Fsp3) is 0.294. The molecule has 1 aromatic carbocycles. The molecular formula is C17H21ClN2O2. The fourth-order valence-electron chi connectivity index (χ4n) is 2.42. The smallest absolute Gasteiger partial charge is 0.251 e. The van der Waals surface area contributed by atoms with Crippen LogP contribution in [-0.4, -0.2) is 18.0 Å². The Hall–Kier alpha value is -2.07. The van der Waals surface area contributed by atoms with Gasteiger partial charge in [0, 0.05) is 24.5 Å². The van der Waals surface area contributed by atoms with Crippen molar-refractivity contribution in [1.82, 2.24) is 10.3 Å². The summed E-state index contributed by atoms with van der Waals surface area (Å²) >= 11 is 0. The van der Waals surface area contributed by atoms with Gasteiger partial charge in [-0.1, -0.05) is 6.07 Å². The maximum Gasteiger partial charge on any atom is 0.251 e. The number of rotatable bonds is 4. The SMILES string of the molecule is COc1c(C)cc(CNC(=O)c2ccncc2)c(C)c1C.Cl. The maximum atomic E-state index is 12.1. The molecule has 22 heavy (non-hydrogen) atoms. The predicted molar refractivity (Wildman–Crippen MR) is 89.9 cm³/mol. The number of benzene rings is 1. The van der Waals surface area contributed by atoms with Crippen LogP contribution in [0, 0.1) is 20.8 Å². The molecule has 1 amide bonds. The Morgan fingerprint density at radius 1 is 1.18 bits per heavy atom. The lowest BCUT2D eigenvalue weighted by atomic mass is 9.98. The summed E-state index contributed by atoms with van der Waals surface area (Å²) in [6, 6.07) is 5.47. The van der Waals surface area contributed by atoms with Crippen LogP contribution in [0.3, 0.4) is 0 Å². The third kappa shape index (κ3) is 3.77. The average molecular weight is 321 g/mol. The van der Waals surface area contributed by atoms with Gasteiger partial charge in [-0.25, -0.2) is 0 Å². The van der Waals surface area contributed by atoms with Crippen LogP contribution in [0.5, 0.6) is 5.75 Å². The molecule has 2 rings (SSSR count). The average Bonchev–Trinajstić information content (AvgIpc) is 2.50. The highest BCUT2D eigenvalue weighted by molar-refractivity contribution is 5.93. The van der Waals surface area contributed by atoms with Gasteiger partial charge in [-0.2, -0.15) is 0 Å². The zero-order valence-electron chi connectivity index (χ0n) is 13.3. The molecule has 1 N–H and O–H groups in total. The fourth-order valence-corrected chi connectivity index (χ4v) is 2.42. The second-order valence-corrected chi connectivity index (χ2v) is 5.05. The van der Waals surface area contributed by atoms with Crippen molar-refractivity contribution in [2.24, 2.45) is 0 Å². The number of carbonyl (C=O) groups is 1. The molecular weight excluding hydrogens is 300 g/mol. The Balaban J connectivity index is 0.00000242. The molecule has 0 atom stereocenters. The third-order valence-electron chi connectivity index (χ3n) is 3.72. The van der Waals surface area contributed by atoms with Crippen LogP contribution in [0.1, 0.15) is 32.6 Å². The minimum Gasteiger partial charge on any atom is -0.496 e. The lowest BCUT2D eigenvalue weighted by Gasteiger charge is -2.16. The van der Waals surface area contributed by atoms with Gasteiger partial charge in [0.25, 0.3) is 5.91 Å². The predicted octanol–water partition coefficient (Wildman–Crippen LogP) is 3.37. The second-order valence-electron chi connectivity index (χ2n) is 5.05. The van der Waals surface area contributed by atoms with Crippen molar-refractivity contribution < 1.29 is 9.53 Å². The lowest BCUT2D eigenvalue weighted by Crippen LogP contribution is -2.23. The van der Waals surface area contributed by atoms with Gasteiger partial charge in [-0.05, 0) is 55.2 Å². The van der Waals surface area contributed by atoms with Gasteiger partial charge in [0.1, 0.15) is 5.75 Å². The van der Waals surface area contributed by atoms with Crippen LogP contribution in [-0.2, 0) is 6.54 Å². The van der Waals surface area contributed by atoms with Crippen molar-refractivity contribution >= 4 is 18.3 Å². The summed E-state index contributed by atoms with van der Waals surface area (Å²) in [6.07, 6.45) is 3.23. The molecule has 0 fully saturated rings. The van der Waals surface area contributed by atoms with Gasteiger partial charge in [-0.15, -0.1) is 12.4 Å². The van der Waals surface area contributed by atoms with Crippen molar-refractivity contribution in [3.8, 4) is 5.75 Å². The summed E-state index contributed by atoms with van der Waals surface area (Å²) in [5, 5.41) is 2.94. The van der Waals surface area contributed by atoms with Crippen LogP contribution in [0.2, 0.25) is 0 Å². The zero-order valence-corrected chi connectivity index (χ0v) is 14.1. The quantitative estimate of drug-likeness (QED) is 0.939. The zero-order chi connectivity index (χ0) is 15.4. The summed E-state index contributed by atoms with van der Waals surface area (Å²) in [7, 11) is 1.68. The molecule has 0 spiro atoms. The van der Waals surface area contributed by atoms with Crippen LogP contribution >= 0.6 is 12.4 Å². The standard InChI is InChI=1S/C17H20N2O2.ClH/c1-11-9-15(12(2)13(3)16(11)21-4)10-19-17(20)14-5-7-18-8-6-14;/h5-9H,10H2,1-4H3,(H,19,20);1H. The summed E-state index contributed by atoms with van der Waals surface area (Å²) < 4.78 is 5.41. The lowest BCUT2D eigenvalue weighted by molar-refractivity contribution is 0.0950. The van der Waals surface area contributed by atoms with Crippen molar-refractivity contribution in [3.63, 3.8) is 0 Å². The number of pyridine rings is 1. The molecule has 1 aromatic heterocycles. The number of halogens is 1. The Kier molecular flexibility index (Phi) is 6.38. The van der Waals surface area contributed by atoms with Gasteiger partial charge in [-0.3, -0.25) is 9.78 Å². The number of nitrogens with zero attached hydrogens (tertiary/aromatic N) is 1. The highest BCUT2D eigenvalue weighted by Gasteiger charge is 2.12. The van der Waals surface area contributed by atoms with E-state index in [4.69, 9.17) is 4.74 Å². The normalized spacial score (nSPS) is 9.82. The van der Waals surface area contributed by atoms with E-state index in [0.29, 0.717) is 12.1 Å². The molecule has 118 valence electrons. The molecule has 0 aliphatic rings. The minimum absolute atomic E-state index is 0. The van der Waals surface area contributed by atoms with E-state index >= 15 is 0 Å². The van der Waals surface area contributed by atoms with Gasteiger partial charge < -0.3 is 10.1 Å². The molecule has 5 heteroatoms. The highest BCUT2D eigenvalue weighted by Crippen LogP contribution is 2.28. The first-order chi connectivity index (χ1) is 10.0. The van der Waals surface area contributed by atoms with Crippen molar-refractivity contribution in [2.45, 2.75) is 27.3 Å². The monoisotopic (exact) mass is 320 g/mol. The van der Waals surface area contributed by atoms with E-state index in [1.54, 1.807) is 31.6 Å². The topological polar surface area (TPSA) is 51.2 Å². The summed E-state index contributed by atoms with van der Waals surface area (Å²) in [6.45, 7) is 6.60. The van der Waals surface area contributed by atoms with Gasteiger partial charge in [0.05, 0.1) is 7.11 Å². The van der Waals surface area contributed by atoms with Gasteiger partial charge in [0.15, 0.2) is 0 Å². The van der Waals surface area contributed by atoms with Crippen LogP contribution < -0.4 is 10.1 Å². The number of hydrogen-bond donors (Lipinski definition) is 1. The van der Waals surface area contributed by atoms with Crippen molar-refractivity contribution in [3.05, 3.63) is 58.4 Å². The molecule has 0 saturated heterocycles. The molecule has 0 aliphatic carbocycles. The number of ether oxygens (including phenoxy) is 1. The molecule has 0 aliphatic heterocycles. The molecule has 1 heterocycles. The van der Waals surface area contributed by atoms with E-state index in [2.05, 4.69) is 16.4 Å².